The molecule has 1 saturated carbocycles. The Balaban J connectivity index is 1.90. The summed E-state index contributed by atoms with van der Waals surface area (Å²) in [6, 6.07) is 0. The van der Waals surface area contributed by atoms with E-state index in [-0.39, 0.29) is 19.6 Å². The van der Waals surface area contributed by atoms with Gasteiger partial charge in [-0.25, -0.2) is 4.57 Å². The number of unbranched alkanes of at least 4 members (excludes halogenated alkanes) is 25. The highest BCUT2D eigenvalue weighted by molar-refractivity contribution is 7.47. The molecule has 6 unspecified atom stereocenters. The topological polar surface area (TPSA) is 272 Å². The number of ether oxygens (including phenoxy) is 4. The van der Waals surface area contributed by atoms with Crippen LogP contribution in [0.4, 0.5) is 0 Å². The van der Waals surface area contributed by atoms with Gasteiger partial charge in [0.25, 0.3) is 0 Å². The standard InChI is InChI=1S/C48H93O17P/c1-3-5-7-9-11-13-15-17-19-21-23-25-27-29-31-60-36(33-61-39(50)30-28-26-24-22-20-18-16-14-12-10-8-6-4-2)34-63-66(58,59)65-47-37(40(51)42(53)44(55)45(47)56)35-62-48-46(57)43(54)41(52)38(32-49)64-48/h36-38,40-49,51-57H,3-35H2,1-2H3,(H,58,59)/t36-,37?,38?,40?,41+,42+,43+,44+,45?,46?,47-,48-/m1/s1. The van der Waals surface area contributed by atoms with Crippen molar-refractivity contribution < 1.29 is 83.1 Å². The molecule has 17 nitrogen and oxygen atoms in total. The first-order valence-electron chi connectivity index (χ1n) is 25.8. The Kier molecular flexibility index (Phi) is 34.3. The Labute approximate surface area is 395 Å². The van der Waals surface area contributed by atoms with Crippen LogP contribution in [0.1, 0.15) is 194 Å². The molecular weight excluding hydrogens is 879 g/mol. The van der Waals surface area contributed by atoms with Gasteiger partial charge in [-0.3, -0.25) is 13.8 Å². The van der Waals surface area contributed by atoms with Gasteiger partial charge in [-0.1, -0.05) is 174 Å². The second-order valence-corrected chi connectivity index (χ2v) is 20.2. The monoisotopic (exact) mass is 973 g/mol. The Morgan fingerprint density at radius 1 is 0.561 bits per heavy atom. The minimum absolute atomic E-state index is 0.217. The van der Waals surface area contributed by atoms with Crippen molar-refractivity contribution in [2.45, 2.75) is 261 Å². The van der Waals surface area contributed by atoms with Crippen molar-refractivity contribution in [1.82, 2.24) is 0 Å². The first-order valence-corrected chi connectivity index (χ1v) is 27.3. The molecular formula is C48H93O17P. The molecule has 0 bridgehead atoms. The van der Waals surface area contributed by atoms with Crippen molar-refractivity contribution in [2.24, 2.45) is 5.92 Å². The van der Waals surface area contributed by atoms with Gasteiger partial charge in [-0.2, -0.15) is 0 Å². The van der Waals surface area contributed by atoms with Crippen molar-refractivity contribution in [3.05, 3.63) is 0 Å². The Morgan fingerprint density at radius 3 is 1.48 bits per heavy atom. The van der Waals surface area contributed by atoms with E-state index in [1.54, 1.807) is 0 Å². The lowest BCUT2D eigenvalue weighted by Gasteiger charge is -2.45. The molecule has 2 fully saturated rings. The van der Waals surface area contributed by atoms with E-state index in [9.17, 15) is 55.1 Å². The van der Waals surface area contributed by atoms with E-state index in [1.165, 1.54) is 122 Å². The van der Waals surface area contributed by atoms with Gasteiger partial charge < -0.3 is 64.7 Å². The number of aliphatic hydroxyl groups excluding tert-OH is 8. The predicted octanol–water partition coefficient (Wildman–Crippen LogP) is 6.27. The average Bonchev–Trinajstić information content (AvgIpc) is 3.30. The molecule has 1 aliphatic carbocycles. The van der Waals surface area contributed by atoms with Crippen molar-refractivity contribution in [3.63, 3.8) is 0 Å². The number of rotatable bonds is 41. The zero-order valence-electron chi connectivity index (χ0n) is 40.5. The molecule has 1 aliphatic heterocycles. The van der Waals surface area contributed by atoms with Crippen molar-refractivity contribution in [3.8, 4) is 0 Å². The van der Waals surface area contributed by atoms with Gasteiger partial charge in [0.2, 0.25) is 0 Å². The fourth-order valence-corrected chi connectivity index (χ4v) is 9.65. The molecule has 0 aromatic carbocycles. The number of carbonyl (C=O) groups is 1. The van der Waals surface area contributed by atoms with Crippen LogP contribution >= 0.6 is 7.82 Å². The van der Waals surface area contributed by atoms with Gasteiger partial charge in [-0.05, 0) is 12.8 Å². The van der Waals surface area contributed by atoms with Crippen LogP contribution in [0.2, 0.25) is 0 Å². The van der Waals surface area contributed by atoms with Gasteiger partial charge >= 0.3 is 13.8 Å². The van der Waals surface area contributed by atoms with Gasteiger partial charge in [0.1, 0.15) is 61.5 Å². The molecule has 0 radical (unpaired) electrons. The smallest absolute Gasteiger partial charge is 0.463 e. The second kappa shape index (κ2) is 37.0. The first kappa shape index (κ1) is 61.3. The number of hydrogen-bond donors (Lipinski definition) is 9. The third kappa shape index (κ3) is 25.3. The fourth-order valence-electron chi connectivity index (χ4n) is 8.64. The molecule has 0 amide bonds. The number of aliphatic hydroxyl groups is 8. The highest BCUT2D eigenvalue weighted by Crippen LogP contribution is 2.48. The molecule has 2 aliphatic rings. The summed E-state index contributed by atoms with van der Waals surface area (Å²) >= 11 is 0. The summed E-state index contributed by atoms with van der Waals surface area (Å²) in [5.74, 6) is -1.98. The van der Waals surface area contributed by atoms with Crippen LogP contribution in [0.15, 0.2) is 0 Å². The summed E-state index contributed by atoms with van der Waals surface area (Å²) in [5, 5.41) is 82.8. The normalized spacial score (nSPS) is 28.3. The molecule has 66 heavy (non-hydrogen) atoms. The first-order chi connectivity index (χ1) is 31.8. The molecule has 13 atom stereocenters. The number of hydrogen-bond acceptors (Lipinski definition) is 16. The van der Waals surface area contributed by atoms with Crippen LogP contribution < -0.4 is 0 Å². The van der Waals surface area contributed by atoms with Crippen LogP contribution in [0.3, 0.4) is 0 Å². The van der Waals surface area contributed by atoms with E-state index in [4.69, 9.17) is 28.0 Å². The zero-order chi connectivity index (χ0) is 48.6. The van der Waals surface area contributed by atoms with Gasteiger partial charge in [0.15, 0.2) is 6.29 Å². The van der Waals surface area contributed by atoms with E-state index in [1.807, 2.05) is 0 Å². The van der Waals surface area contributed by atoms with E-state index >= 15 is 0 Å². The maximum Gasteiger partial charge on any atom is 0.472 e. The van der Waals surface area contributed by atoms with Crippen LogP contribution in [-0.2, 0) is 37.4 Å². The molecule has 392 valence electrons. The Bertz CT molecular complexity index is 1230. The maximum absolute atomic E-state index is 13.4. The lowest BCUT2D eigenvalue weighted by Crippen LogP contribution is -2.63. The Morgan fingerprint density at radius 2 is 1.00 bits per heavy atom. The Hall–Kier alpha value is -0.860. The highest BCUT2D eigenvalue weighted by Gasteiger charge is 2.53. The van der Waals surface area contributed by atoms with Crippen LogP contribution in [-0.4, -0.2) is 152 Å². The number of phosphoric ester groups is 1. The number of phosphoric acid groups is 1. The SMILES string of the molecule is CCCCCCCCCCCCCCCCO[C@H](COC(=O)CCCCCCCCCCCCCCC)COP(=O)(O)O[C@@H]1C(CO[C@@H]2OC(CO)[C@H](O)[C@H](O)C2O)C(O)[C@H](O)[C@H](O)C1O. The number of carbonyl (C=O) groups excluding carboxylic acids is 1. The molecule has 0 aromatic rings. The highest BCUT2D eigenvalue weighted by atomic mass is 31.2. The minimum atomic E-state index is -5.16. The van der Waals surface area contributed by atoms with Gasteiger partial charge in [-0.15, -0.1) is 0 Å². The van der Waals surface area contributed by atoms with Crippen molar-refractivity contribution in [2.75, 3.05) is 33.0 Å². The second-order valence-electron chi connectivity index (χ2n) is 18.8. The van der Waals surface area contributed by atoms with Crippen LogP contribution in [0.25, 0.3) is 0 Å². The summed E-state index contributed by atoms with van der Waals surface area (Å²) in [4.78, 5) is 23.6. The van der Waals surface area contributed by atoms with E-state index < -0.39 is 107 Å². The van der Waals surface area contributed by atoms with Gasteiger partial charge in [0, 0.05) is 18.9 Å². The average molecular weight is 973 g/mol. The zero-order valence-corrected chi connectivity index (χ0v) is 41.4. The third-order valence-corrected chi connectivity index (χ3v) is 14.0. The molecule has 1 heterocycles. The molecule has 18 heteroatoms. The summed E-state index contributed by atoms with van der Waals surface area (Å²) in [6.45, 7) is 2.41. The summed E-state index contributed by atoms with van der Waals surface area (Å²) < 4.78 is 46.3. The summed E-state index contributed by atoms with van der Waals surface area (Å²) in [7, 11) is -5.16. The summed E-state index contributed by atoms with van der Waals surface area (Å²) in [6.07, 6.45) is 13.0. The third-order valence-electron chi connectivity index (χ3n) is 13.0. The van der Waals surface area contributed by atoms with E-state index in [2.05, 4.69) is 13.8 Å². The van der Waals surface area contributed by atoms with E-state index in [0.29, 0.717) is 12.8 Å². The van der Waals surface area contributed by atoms with Gasteiger partial charge in [0.05, 0.1) is 25.9 Å². The lowest BCUT2D eigenvalue weighted by atomic mass is 9.79. The molecule has 0 spiro atoms. The predicted molar refractivity (Wildman–Crippen MR) is 249 cm³/mol. The van der Waals surface area contributed by atoms with Crippen LogP contribution in [0, 0.1) is 5.92 Å². The maximum atomic E-state index is 13.4. The largest absolute Gasteiger partial charge is 0.472 e. The van der Waals surface area contributed by atoms with Crippen molar-refractivity contribution >= 4 is 13.8 Å². The molecule has 1 saturated heterocycles. The molecule has 2 rings (SSSR count). The lowest BCUT2D eigenvalue weighted by molar-refractivity contribution is -0.309. The van der Waals surface area contributed by atoms with E-state index in [0.717, 1.165) is 38.5 Å². The molecule has 0 aromatic heterocycles. The number of esters is 1. The van der Waals surface area contributed by atoms with Crippen LogP contribution in [0.5, 0.6) is 0 Å². The summed E-state index contributed by atoms with van der Waals surface area (Å²) in [5.41, 5.74) is 0. The fraction of sp³-hybridized carbons (Fsp3) is 0.979. The molecule has 9 N–H and O–H groups in total. The quantitative estimate of drug-likeness (QED) is 0.0186. The minimum Gasteiger partial charge on any atom is -0.463 e. The van der Waals surface area contributed by atoms with Crippen molar-refractivity contribution in [1.29, 1.82) is 0 Å².